The Labute approximate surface area is 210 Å². The molecule has 0 unspecified atom stereocenters. The fourth-order valence-electron chi connectivity index (χ4n) is 3.55. The van der Waals surface area contributed by atoms with E-state index in [0.29, 0.717) is 46.7 Å². The smallest absolute Gasteiger partial charge is 0.281 e. The monoisotopic (exact) mass is 502 g/mol. The predicted octanol–water partition coefficient (Wildman–Crippen LogP) is 3.39. The Bertz CT molecular complexity index is 1530. The largest absolute Gasteiger partial charge is 0.493 e. The van der Waals surface area contributed by atoms with Crippen LogP contribution in [0.5, 0.6) is 28.7 Å². The number of amides is 1. The number of nitrogens with one attached hydrogen (secondary N) is 2. The zero-order chi connectivity index (χ0) is 25.8. The number of fused-ring (bicyclic) bond motifs is 1. The number of hydrogen-bond donors (Lipinski definition) is 2. The molecular formula is C24H22N8O5. The molecule has 13 nitrogen and oxygen atoms in total. The van der Waals surface area contributed by atoms with Gasteiger partial charge in [-0.05, 0) is 31.2 Å². The summed E-state index contributed by atoms with van der Waals surface area (Å²) in [7, 11) is 3.13. The average Bonchev–Trinajstić information content (AvgIpc) is 3.60. The molecule has 0 aliphatic rings. The van der Waals surface area contributed by atoms with Crippen molar-refractivity contribution < 1.29 is 23.7 Å². The molecule has 4 heterocycles. The van der Waals surface area contributed by atoms with Crippen LogP contribution in [0.25, 0.3) is 16.9 Å². The maximum atomic E-state index is 12.9. The molecule has 0 bridgehead atoms. The number of methoxy groups -OCH3 is 2. The lowest BCUT2D eigenvalue weighted by molar-refractivity contribution is 0.101. The van der Waals surface area contributed by atoms with Gasteiger partial charge in [-0.15, -0.1) is 5.10 Å². The zero-order valence-corrected chi connectivity index (χ0v) is 20.1. The number of carbonyl (C=O) groups excluding carboxylic acids is 1. The minimum Gasteiger partial charge on any atom is -0.493 e. The van der Waals surface area contributed by atoms with Gasteiger partial charge in [0.2, 0.25) is 0 Å². The van der Waals surface area contributed by atoms with Gasteiger partial charge in [0.15, 0.2) is 22.9 Å². The normalized spacial score (nSPS) is 10.8. The number of H-pyrrole nitrogens is 1. The van der Waals surface area contributed by atoms with Crippen LogP contribution in [0, 0.1) is 0 Å². The number of ether oxygens (including phenoxy) is 4. The first-order valence-corrected chi connectivity index (χ1v) is 11.1. The number of aromatic amines is 1. The fraction of sp³-hybridized carbons (Fsp3) is 0.167. The molecule has 1 aromatic carbocycles. The summed E-state index contributed by atoms with van der Waals surface area (Å²) in [6.07, 6.45) is 6.08. The van der Waals surface area contributed by atoms with Crippen LogP contribution in [0.2, 0.25) is 0 Å². The van der Waals surface area contributed by atoms with Crippen molar-refractivity contribution in [3.05, 3.63) is 60.9 Å². The van der Waals surface area contributed by atoms with Crippen LogP contribution >= 0.6 is 0 Å². The number of hydrogen-bond acceptors (Lipinski definition) is 10. The van der Waals surface area contributed by atoms with Crippen LogP contribution in [0.4, 0.5) is 5.82 Å². The molecule has 2 N–H and O–H groups in total. The quantitative estimate of drug-likeness (QED) is 0.307. The third kappa shape index (κ3) is 4.82. The molecule has 37 heavy (non-hydrogen) atoms. The predicted molar refractivity (Wildman–Crippen MR) is 132 cm³/mol. The number of aromatic nitrogens is 7. The van der Waals surface area contributed by atoms with E-state index in [1.54, 1.807) is 50.7 Å². The summed E-state index contributed by atoms with van der Waals surface area (Å²) in [4.78, 5) is 25.6. The molecule has 0 aliphatic heterocycles. The summed E-state index contributed by atoms with van der Waals surface area (Å²) in [5.41, 5.74) is 0.753. The summed E-state index contributed by atoms with van der Waals surface area (Å²) in [6, 6.07) is 8.62. The van der Waals surface area contributed by atoms with Crippen LogP contribution in [0.3, 0.4) is 0 Å². The van der Waals surface area contributed by atoms with E-state index >= 15 is 0 Å². The highest BCUT2D eigenvalue weighted by atomic mass is 16.5. The molecular weight excluding hydrogens is 480 g/mol. The third-order valence-electron chi connectivity index (χ3n) is 5.22. The summed E-state index contributed by atoms with van der Waals surface area (Å²) < 4.78 is 23.7. The van der Waals surface area contributed by atoms with Gasteiger partial charge in [-0.3, -0.25) is 14.9 Å². The van der Waals surface area contributed by atoms with Crippen molar-refractivity contribution in [3.63, 3.8) is 0 Å². The SMILES string of the molecule is CCOc1cn(-c2nc[nH]n2)nc1C(=O)Nc1ccc(Oc2ccnc3cc(OC)c(OC)cc23)cn1. The highest BCUT2D eigenvalue weighted by Crippen LogP contribution is 2.36. The van der Waals surface area contributed by atoms with Crippen LogP contribution < -0.4 is 24.3 Å². The molecule has 0 saturated carbocycles. The molecule has 0 saturated heterocycles. The standard InChI is InChI=1S/C24H22N8O5/c1-4-36-20-12-32(24-27-13-28-30-24)31-22(20)23(33)29-21-6-5-14(11-26-21)37-17-7-8-25-16-10-19(35-3)18(34-2)9-15(16)17/h5-13H,4H2,1-3H3,(H,26,29,33)(H,27,28,30). The molecule has 4 aromatic heterocycles. The van der Waals surface area contributed by atoms with Gasteiger partial charge in [0.05, 0.1) is 38.7 Å². The second-order valence-corrected chi connectivity index (χ2v) is 7.49. The van der Waals surface area contributed by atoms with E-state index in [0.717, 1.165) is 5.39 Å². The first-order chi connectivity index (χ1) is 18.1. The maximum Gasteiger partial charge on any atom is 0.281 e. The van der Waals surface area contributed by atoms with E-state index in [4.69, 9.17) is 18.9 Å². The highest BCUT2D eigenvalue weighted by Gasteiger charge is 2.20. The van der Waals surface area contributed by atoms with Crippen LogP contribution in [-0.2, 0) is 0 Å². The summed E-state index contributed by atoms with van der Waals surface area (Å²) in [5, 5.41) is 14.3. The van der Waals surface area contributed by atoms with Crippen molar-refractivity contribution in [1.29, 1.82) is 0 Å². The molecule has 13 heteroatoms. The van der Waals surface area contributed by atoms with E-state index in [9.17, 15) is 4.79 Å². The van der Waals surface area contributed by atoms with Gasteiger partial charge >= 0.3 is 0 Å². The summed E-state index contributed by atoms with van der Waals surface area (Å²) in [5.74, 6) is 2.52. The molecule has 0 spiro atoms. The zero-order valence-electron chi connectivity index (χ0n) is 20.1. The van der Waals surface area contributed by atoms with Crippen LogP contribution in [0.1, 0.15) is 17.4 Å². The fourth-order valence-corrected chi connectivity index (χ4v) is 3.55. The van der Waals surface area contributed by atoms with Gasteiger partial charge in [-0.25, -0.2) is 9.67 Å². The number of rotatable bonds is 9. The minimum absolute atomic E-state index is 0.0707. The molecule has 0 fully saturated rings. The Morgan fingerprint density at radius 2 is 1.86 bits per heavy atom. The molecule has 0 radical (unpaired) electrons. The molecule has 5 aromatic rings. The first-order valence-electron chi connectivity index (χ1n) is 11.1. The van der Waals surface area contributed by atoms with E-state index in [2.05, 4.69) is 35.6 Å². The van der Waals surface area contributed by atoms with Gasteiger partial charge in [-0.2, -0.15) is 10.1 Å². The second kappa shape index (κ2) is 10.2. The molecule has 0 aliphatic carbocycles. The lowest BCUT2D eigenvalue weighted by Gasteiger charge is -2.12. The Hall–Kier alpha value is -5.20. The Balaban J connectivity index is 1.34. The number of carbonyl (C=O) groups is 1. The Kier molecular flexibility index (Phi) is 6.48. The lowest BCUT2D eigenvalue weighted by Crippen LogP contribution is -2.15. The number of anilines is 1. The maximum absolute atomic E-state index is 12.9. The average molecular weight is 502 g/mol. The lowest BCUT2D eigenvalue weighted by atomic mass is 10.2. The van der Waals surface area contributed by atoms with Crippen molar-refractivity contribution in [2.75, 3.05) is 26.1 Å². The van der Waals surface area contributed by atoms with Crippen molar-refractivity contribution in [1.82, 2.24) is 34.9 Å². The van der Waals surface area contributed by atoms with Crippen molar-refractivity contribution in [3.8, 4) is 34.7 Å². The molecule has 188 valence electrons. The number of nitrogens with zero attached hydrogens (tertiary/aromatic N) is 6. The highest BCUT2D eigenvalue weighted by molar-refractivity contribution is 6.04. The third-order valence-corrected chi connectivity index (χ3v) is 5.22. The van der Waals surface area contributed by atoms with Crippen molar-refractivity contribution in [2.45, 2.75) is 6.92 Å². The van der Waals surface area contributed by atoms with E-state index in [1.807, 2.05) is 6.92 Å². The number of benzene rings is 1. The molecule has 5 rings (SSSR count). The van der Waals surface area contributed by atoms with Gasteiger partial charge < -0.3 is 24.3 Å². The van der Waals surface area contributed by atoms with Gasteiger partial charge in [-0.1, -0.05) is 0 Å². The van der Waals surface area contributed by atoms with Crippen LogP contribution in [0.15, 0.2) is 55.2 Å². The topological polar surface area (TPSA) is 151 Å². The molecule has 1 amide bonds. The van der Waals surface area contributed by atoms with Crippen LogP contribution in [-0.4, -0.2) is 61.7 Å². The van der Waals surface area contributed by atoms with Crippen molar-refractivity contribution >= 4 is 22.6 Å². The molecule has 0 atom stereocenters. The Morgan fingerprint density at radius 1 is 1.03 bits per heavy atom. The van der Waals surface area contributed by atoms with Gasteiger partial charge in [0.1, 0.15) is 23.6 Å². The first kappa shape index (κ1) is 23.5. The summed E-state index contributed by atoms with van der Waals surface area (Å²) >= 11 is 0. The number of pyridine rings is 2. The summed E-state index contributed by atoms with van der Waals surface area (Å²) in [6.45, 7) is 2.16. The van der Waals surface area contributed by atoms with Gasteiger partial charge in [0.25, 0.3) is 11.9 Å². The Morgan fingerprint density at radius 3 is 2.57 bits per heavy atom. The van der Waals surface area contributed by atoms with E-state index < -0.39 is 5.91 Å². The second-order valence-electron chi connectivity index (χ2n) is 7.49. The van der Waals surface area contributed by atoms with Crippen molar-refractivity contribution in [2.24, 2.45) is 0 Å². The van der Waals surface area contributed by atoms with Gasteiger partial charge in [0, 0.05) is 17.6 Å². The van der Waals surface area contributed by atoms with E-state index in [-0.39, 0.29) is 11.6 Å². The minimum atomic E-state index is -0.500. The van der Waals surface area contributed by atoms with E-state index in [1.165, 1.54) is 23.4 Å².